The number of aliphatic hydroxyl groups excluding tert-OH is 1. The van der Waals surface area contributed by atoms with Crippen LogP contribution in [0.3, 0.4) is 0 Å². The number of ether oxygens (including phenoxy) is 1. The maximum absolute atomic E-state index is 12.4. The predicted molar refractivity (Wildman–Crippen MR) is 87.0 cm³/mol. The molecule has 2 rings (SSSR count). The zero-order valence-electron chi connectivity index (χ0n) is 13.6. The van der Waals surface area contributed by atoms with Gasteiger partial charge >= 0.3 is 5.97 Å². The molecule has 0 saturated carbocycles. The molecule has 0 radical (unpaired) electrons. The molecule has 3 N–H and O–H groups in total. The minimum Gasteiger partial charge on any atom is -0.508 e. The Morgan fingerprint density at radius 2 is 1.92 bits per heavy atom. The van der Waals surface area contributed by atoms with E-state index in [1.54, 1.807) is 19.1 Å². The van der Waals surface area contributed by atoms with Gasteiger partial charge in [0, 0.05) is 18.9 Å². The van der Waals surface area contributed by atoms with Gasteiger partial charge in [0.15, 0.2) is 0 Å². The summed E-state index contributed by atoms with van der Waals surface area (Å²) < 4.78 is 5.20. The van der Waals surface area contributed by atoms with E-state index in [0.717, 1.165) is 18.9 Å². The number of allylic oxidation sites excluding steroid dienone is 1. The zero-order valence-corrected chi connectivity index (χ0v) is 13.6. The number of phenols is 2. The van der Waals surface area contributed by atoms with E-state index in [-0.39, 0.29) is 29.1 Å². The number of carbonyl (C=O) groups is 2. The van der Waals surface area contributed by atoms with Gasteiger partial charge in [0.1, 0.15) is 35.1 Å². The van der Waals surface area contributed by atoms with Gasteiger partial charge in [0.25, 0.3) is 0 Å². The first-order valence-corrected chi connectivity index (χ1v) is 8.00. The second-order valence-corrected chi connectivity index (χ2v) is 5.99. The lowest BCUT2D eigenvalue weighted by Gasteiger charge is -2.19. The number of esters is 1. The minimum atomic E-state index is -0.957. The van der Waals surface area contributed by atoms with Gasteiger partial charge < -0.3 is 20.1 Å². The second-order valence-electron chi connectivity index (χ2n) is 5.99. The number of carbonyl (C=O) groups excluding carboxylic acids is 2. The van der Waals surface area contributed by atoms with Crippen molar-refractivity contribution in [2.75, 3.05) is 0 Å². The molecular formula is C18H22O6. The molecule has 0 aromatic heterocycles. The number of phenolic OH excluding ortho intramolecular Hbond substituents is 2. The molecule has 1 aliphatic heterocycles. The number of rotatable bonds is 0. The lowest BCUT2D eigenvalue weighted by Crippen LogP contribution is -2.27. The molecule has 130 valence electrons. The van der Waals surface area contributed by atoms with Crippen LogP contribution in [0.2, 0.25) is 0 Å². The molecule has 2 atom stereocenters. The fourth-order valence-electron chi connectivity index (χ4n) is 2.62. The first-order chi connectivity index (χ1) is 11.4. The summed E-state index contributed by atoms with van der Waals surface area (Å²) in [6, 6.07) is 2.30. The molecule has 0 aliphatic carbocycles. The van der Waals surface area contributed by atoms with Gasteiger partial charge in [-0.2, -0.15) is 0 Å². The number of Topliss-reactive ketones (excluding diaryl/α,β-unsaturated/α-hetero) is 1. The second kappa shape index (κ2) is 7.97. The molecule has 24 heavy (non-hydrogen) atoms. The number of aliphatic hydroxyl groups is 1. The summed E-state index contributed by atoms with van der Waals surface area (Å²) >= 11 is 0. The first kappa shape index (κ1) is 18.0. The van der Waals surface area contributed by atoms with Gasteiger partial charge in [-0.3, -0.25) is 4.79 Å². The lowest BCUT2D eigenvalue weighted by molar-refractivity contribution is -0.118. The van der Waals surface area contributed by atoms with E-state index in [4.69, 9.17) is 4.74 Å². The summed E-state index contributed by atoms with van der Waals surface area (Å²) in [5.41, 5.74) is 0.0676. The summed E-state index contributed by atoms with van der Waals surface area (Å²) in [6.45, 7) is 1.54. The summed E-state index contributed by atoms with van der Waals surface area (Å²) in [7, 11) is 0. The van der Waals surface area contributed by atoms with E-state index in [9.17, 15) is 24.9 Å². The number of cyclic esters (lactones) is 1. The molecular weight excluding hydrogens is 312 g/mol. The maximum Gasteiger partial charge on any atom is 0.342 e. The Balaban J connectivity index is 2.38. The summed E-state index contributed by atoms with van der Waals surface area (Å²) in [4.78, 5) is 24.4. The van der Waals surface area contributed by atoms with Gasteiger partial charge in [-0.1, -0.05) is 12.2 Å². The molecule has 1 aliphatic rings. The molecule has 1 heterocycles. The fourth-order valence-corrected chi connectivity index (χ4v) is 2.62. The first-order valence-electron chi connectivity index (χ1n) is 8.00. The SMILES string of the molecule is CC1OC(=O)c2c(O)cc(O)cc2CC(=O)CCCCC=CC1O. The topological polar surface area (TPSA) is 104 Å². The van der Waals surface area contributed by atoms with Crippen LogP contribution in [0.25, 0.3) is 0 Å². The fraction of sp³-hybridized carbons (Fsp3) is 0.444. The van der Waals surface area contributed by atoms with Crippen molar-refractivity contribution in [3.63, 3.8) is 0 Å². The molecule has 6 nitrogen and oxygen atoms in total. The molecule has 0 fully saturated rings. The van der Waals surface area contributed by atoms with E-state index in [2.05, 4.69) is 0 Å². The number of aromatic hydroxyl groups is 2. The van der Waals surface area contributed by atoms with Crippen molar-refractivity contribution in [2.24, 2.45) is 0 Å². The van der Waals surface area contributed by atoms with Crippen molar-refractivity contribution >= 4 is 11.8 Å². The normalized spacial score (nSPS) is 23.2. The Labute approximate surface area is 140 Å². The van der Waals surface area contributed by atoms with Crippen LogP contribution in [-0.2, 0) is 16.0 Å². The highest BCUT2D eigenvalue weighted by Crippen LogP contribution is 2.29. The molecule has 6 heteroatoms. The van der Waals surface area contributed by atoms with E-state index in [0.29, 0.717) is 12.8 Å². The highest BCUT2D eigenvalue weighted by molar-refractivity contribution is 5.96. The maximum atomic E-state index is 12.4. The molecule has 0 spiro atoms. The van der Waals surface area contributed by atoms with Crippen LogP contribution in [0.15, 0.2) is 24.3 Å². The van der Waals surface area contributed by atoms with Crippen molar-refractivity contribution in [2.45, 2.75) is 51.2 Å². The molecule has 2 unspecified atom stereocenters. The third kappa shape index (κ3) is 4.58. The third-order valence-electron chi connectivity index (χ3n) is 3.96. The number of ketones is 1. The van der Waals surface area contributed by atoms with Gasteiger partial charge in [-0.25, -0.2) is 4.79 Å². The Kier molecular flexibility index (Phi) is 5.98. The van der Waals surface area contributed by atoms with Crippen LogP contribution in [0.5, 0.6) is 11.5 Å². The molecule has 1 aromatic rings. The Morgan fingerprint density at radius 1 is 1.17 bits per heavy atom. The van der Waals surface area contributed by atoms with E-state index < -0.39 is 23.9 Å². The predicted octanol–water partition coefficient (Wildman–Crippen LogP) is 2.25. The number of hydrogen-bond donors (Lipinski definition) is 3. The van der Waals surface area contributed by atoms with E-state index in [1.807, 2.05) is 0 Å². The van der Waals surface area contributed by atoms with Crippen molar-refractivity contribution in [1.29, 1.82) is 0 Å². The average molecular weight is 334 g/mol. The van der Waals surface area contributed by atoms with Crippen LogP contribution in [0, 0.1) is 0 Å². The van der Waals surface area contributed by atoms with Crippen LogP contribution < -0.4 is 0 Å². The zero-order chi connectivity index (χ0) is 17.7. The number of fused-ring (bicyclic) bond motifs is 1. The van der Waals surface area contributed by atoms with Gasteiger partial charge in [-0.05, 0) is 37.8 Å². The summed E-state index contributed by atoms with van der Waals surface area (Å²) in [5, 5.41) is 29.6. The van der Waals surface area contributed by atoms with E-state index in [1.165, 1.54) is 6.07 Å². The Bertz CT molecular complexity index is 649. The standard InChI is InChI=1S/C18H22O6/c1-11-15(21)7-5-3-2-4-6-13(19)8-12-9-14(20)10-16(22)17(12)18(23)24-11/h5,7,9-11,15,20-22H,2-4,6,8H2,1H3. The van der Waals surface area contributed by atoms with Crippen molar-refractivity contribution < 1.29 is 29.6 Å². The van der Waals surface area contributed by atoms with E-state index >= 15 is 0 Å². The highest BCUT2D eigenvalue weighted by Gasteiger charge is 2.24. The quantitative estimate of drug-likeness (QED) is 0.496. The monoisotopic (exact) mass is 334 g/mol. The largest absolute Gasteiger partial charge is 0.508 e. The minimum absolute atomic E-state index is 0.0703. The molecule has 0 saturated heterocycles. The Hall–Kier alpha value is -2.34. The number of benzene rings is 1. The van der Waals surface area contributed by atoms with Gasteiger partial charge in [0.2, 0.25) is 0 Å². The smallest absolute Gasteiger partial charge is 0.342 e. The lowest BCUT2D eigenvalue weighted by atomic mass is 9.98. The van der Waals surface area contributed by atoms with Crippen LogP contribution in [0.1, 0.15) is 48.5 Å². The highest BCUT2D eigenvalue weighted by atomic mass is 16.6. The van der Waals surface area contributed by atoms with Crippen molar-refractivity contribution in [3.8, 4) is 11.5 Å². The molecule has 1 aromatic carbocycles. The average Bonchev–Trinajstić information content (AvgIpc) is 2.48. The Morgan fingerprint density at radius 3 is 2.67 bits per heavy atom. The summed E-state index contributed by atoms with van der Waals surface area (Å²) in [6.07, 6.45) is 4.09. The molecule has 0 bridgehead atoms. The van der Waals surface area contributed by atoms with Crippen molar-refractivity contribution in [3.05, 3.63) is 35.4 Å². The van der Waals surface area contributed by atoms with Crippen LogP contribution >= 0.6 is 0 Å². The van der Waals surface area contributed by atoms with Crippen LogP contribution in [0.4, 0.5) is 0 Å². The van der Waals surface area contributed by atoms with Crippen molar-refractivity contribution in [1.82, 2.24) is 0 Å². The third-order valence-corrected chi connectivity index (χ3v) is 3.96. The van der Waals surface area contributed by atoms with Gasteiger partial charge in [-0.15, -0.1) is 0 Å². The van der Waals surface area contributed by atoms with Gasteiger partial charge in [0.05, 0.1) is 0 Å². The number of hydrogen-bond acceptors (Lipinski definition) is 6. The summed E-state index contributed by atoms with van der Waals surface area (Å²) in [5.74, 6) is -1.61. The van der Waals surface area contributed by atoms with Crippen LogP contribution in [-0.4, -0.2) is 39.3 Å². The molecule has 0 amide bonds.